The first-order valence-electron chi connectivity index (χ1n) is 39.3. The van der Waals surface area contributed by atoms with Crippen LogP contribution >= 0.6 is 170 Å². The van der Waals surface area contributed by atoms with Crippen molar-refractivity contribution in [1.29, 1.82) is 0 Å². The average Bonchev–Trinajstić information content (AvgIpc) is 1.63. The third kappa shape index (κ3) is 17.7. The van der Waals surface area contributed by atoms with Crippen molar-refractivity contribution in [2.45, 2.75) is 209 Å². The van der Waals surface area contributed by atoms with Crippen LogP contribution in [0.3, 0.4) is 0 Å². The number of unbranched alkanes of at least 4 members (excludes halogenated alkanes) is 8. The number of thiophene rings is 15. The van der Waals surface area contributed by atoms with E-state index in [1.54, 1.807) is 0 Å². The molecule has 0 aliphatic carbocycles. The van der Waals surface area contributed by atoms with Crippen molar-refractivity contribution < 1.29 is 0 Å². The molecule has 0 aliphatic heterocycles. The van der Waals surface area contributed by atoms with Crippen molar-refractivity contribution in [3.8, 4) is 137 Å². The predicted molar refractivity (Wildman–Crippen MR) is 500 cm³/mol. The van der Waals surface area contributed by atoms with Gasteiger partial charge in [0.2, 0.25) is 0 Å². The van der Waals surface area contributed by atoms with Gasteiger partial charge in [-0.3, -0.25) is 0 Å². The number of aryl methyl sites for hydroxylation is 8. The maximum atomic E-state index is 2.56. The molecule has 15 aromatic rings. The average molecular weight is 1680 g/mol. The predicted octanol–water partition coefficient (Wildman–Crippen LogP) is 36.7. The topological polar surface area (TPSA) is 0 Å². The van der Waals surface area contributed by atoms with Crippen LogP contribution in [0.4, 0.5) is 0 Å². The van der Waals surface area contributed by atoms with Crippen LogP contribution in [0, 0.1) is 0 Å². The molecule has 0 fully saturated rings. The zero-order valence-corrected chi connectivity index (χ0v) is 75.2. The Balaban J connectivity index is 0.667. The van der Waals surface area contributed by atoms with Crippen LogP contribution in [0.1, 0.15) is 203 Å². The lowest BCUT2D eigenvalue weighted by atomic mass is 10.1. The molecule has 0 nitrogen and oxygen atoms in total. The van der Waals surface area contributed by atoms with E-state index in [1.165, 1.54) is 297 Å². The van der Waals surface area contributed by atoms with Crippen LogP contribution in [0.15, 0.2) is 144 Å². The molecule has 0 unspecified atom stereocenters. The first-order valence-corrected chi connectivity index (χ1v) is 51.6. The van der Waals surface area contributed by atoms with Crippen molar-refractivity contribution in [3.63, 3.8) is 0 Å². The summed E-state index contributed by atoms with van der Waals surface area (Å²) in [5.41, 5.74) is 12.1. The van der Waals surface area contributed by atoms with Gasteiger partial charge in [0.25, 0.3) is 0 Å². The smallest absolute Gasteiger partial charge is 0.0481 e. The molecular formula is C92H96S15. The second kappa shape index (κ2) is 37.0. The van der Waals surface area contributed by atoms with Crippen LogP contribution in [0.25, 0.3) is 137 Å². The highest BCUT2D eigenvalue weighted by Crippen LogP contribution is 2.55. The summed E-state index contributed by atoms with van der Waals surface area (Å²) in [5, 5.41) is 4.58. The van der Waals surface area contributed by atoms with Gasteiger partial charge in [-0.05, 0) is 291 Å². The molecule has 15 heterocycles. The summed E-state index contributed by atoms with van der Waals surface area (Å²) in [5.74, 6) is 0. The van der Waals surface area contributed by atoms with E-state index in [9.17, 15) is 0 Å². The van der Waals surface area contributed by atoms with Gasteiger partial charge in [0, 0.05) is 137 Å². The minimum Gasteiger partial charge on any atom is -0.143 e. The van der Waals surface area contributed by atoms with E-state index < -0.39 is 0 Å². The number of rotatable bonds is 38. The Morgan fingerprint density at radius 2 is 0.318 bits per heavy atom. The van der Waals surface area contributed by atoms with Crippen molar-refractivity contribution in [2.24, 2.45) is 0 Å². The monoisotopic (exact) mass is 1680 g/mol. The van der Waals surface area contributed by atoms with Crippen molar-refractivity contribution in [2.75, 3.05) is 0 Å². The van der Waals surface area contributed by atoms with Gasteiger partial charge in [0.15, 0.2) is 0 Å². The van der Waals surface area contributed by atoms with E-state index in [0.29, 0.717) is 0 Å². The van der Waals surface area contributed by atoms with Gasteiger partial charge >= 0.3 is 0 Å². The molecule has 15 rings (SSSR count). The normalized spacial score (nSPS) is 11.9. The molecular weight excluding hydrogens is 1590 g/mol. The summed E-state index contributed by atoms with van der Waals surface area (Å²) in [4.78, 5) is 39.9. The summed E-state index contributed by atoms with van der Waals surface area (Å²) in [7, 11) is 0. The molecule has 0 aromatic carbocycles. The first-order chi connectivity index (χ1) is 52.6. The molecule has 0 radical (unpaired) electrons. The largest absolute Gasteiger partial charge is 0.143 e. The minimum atomic E-state index is 1.11. The zero-order valence-electron chi connectivity index (χ0n) is 63.0. The lowest BCUT2D eigenvalue weighted by Crippen LogP contribution is -1.83. The third-order valence-electron chi connectivity index (χ3n) is 20.2. The lowest BCUT2D eigenvalue weighted by Gasteiger charge is -2.02. The lowest BCUT2D eigenvalue weighted by molar-refractivity contribution is 0.798. The number of hydrogen-bond acceptors (Lipinski definition) is 15. The quantitative estimate of drug-likeness (QED) is 0.0362. The first kappa shape index (κ1) is 77.8. The van der Waals surface area contributed by atoms with Crippen LogP contribution in [0.2, 0.25) is 0 Å². The molecule has 0 bridgehead atoms. The summed E-state index contributed by atoms with van der Waals surface area (Å²) in [6.07, 6.45) is 28.4. The Morgan fingerprint density at radius 3 is 0.505 bits per heavy atom. The molecule has 0 saturated carbocycles. The van der Waals surface area contributed by atoms with E-state index >= 15 is 0 Å². The molecule has 0 atom stereocenters. The Kier molecular flexibility index (Phi) is 26.9. The van der Waals surface area contributed by atoms with E-state index in [2.05, 4.69) is 200 Å². The molecule has 15 heteroatoms. The molecule has 0 aliphatic rings. The molecule has 554 valence electrons. The number of hydrogen-bond donors (Lipinski definition) is 0. The van der Waals surface area contributed by atoms with E-state index in [0.717, 1.165) is 38.5 Å². The second-order valence-corrected chi connectivity index (χ2v) is 44.0. The van der Waals surface area contributed by atoms with Gasteiger partial charge in [-0.2, -0.15) is 0 Å². The molecule has 0 saturated heterocycles. The maximum Gasteiger partial charge on any atom is 0.0481 e. The van der Waals surface area contributed by atoms with Crippen molar-refractivity contribution >= 4 is 170 Å². The fraction of sp³-hybridized carbons (Fsp3) is 0.348. The van der Waals surface area contributed by atoms with E-state index in [4.69, 9.17) is 0 Å². The fourth-order valence-electron chi connectivity index (χ4n) is 14.2. The maximum absolute atomic E-state index is 2.56. The Labute approximate surface area is 697 Å². The molecule has 0 spiro atoms. The minimum absolute atomic E-state index is 1.11. The Hall–Kier alpha value is -4.50. The van der Waals surface area contributed by atoms with Gasteiger partial charge in [-0.25, -0.2) is 0 Å². The summed E-state index contributed by atoms with van der Waals surface area (Å²) >= 11 is 30.0. The summed E-state index contributed by atoms with van der Waals surface area (Å²) < 4.78 is 0. The van der Waals surface area contributed by atoms with Crippen LogP contribution in [0.5, 0.6) is 0 Å². The standard InChI is InChI=1S/C92H96S15/c1-9-17-25-57-47-49-93-85(57)71-39-41-73(98-71)87-59(27-19-11-3)51-79(102-87)65-33-35-67(95-65)81-53-61(29-21-13-5)89(104-81)75-43-45-77(100-75)91-63(31-23-15-7)55-83(106-91)69-37-38-70(97-69)84-56-64(32-24-16-8)92(107-84)78-46-44-76(101-78)90-62(30-22-14-6)54-82(105-90)68-36-34-66(96-68)80-52-60(28-20-12-4)88(103-80)74-42-40-72(99-74)86-58(26-18-10-2)48-50-94-86/h33-56H,9-32H2,1-8H3. The Morgan fingerprint density at radius 1 is 0.159 bits per heavy atom. The molecule has 15 aromatic heterocycles. The van der Waals surface area contributed by atoms with Gasteiger partial charge in [-0.1, -0.05) is 107 Å². The highest BCUT2D eigenvalue weighted by atomic mass is 32.2. The van der Waals surface area contributed by atoms with Gasteiger partial charge in [0.05, 0.1) is 0 Å². The highest BCUT2D eigenvalue weighted by Gasteiger charge is 2.26. The zero-order chi connectivity index (χ0) is 73.3. The van der Waals surface area contributed by atoms with Gasteiger partial charge in [0.1, 0.15) is 0 Å². The van der Waals surface area contributed by atoms with Crippen LogP contribution in [-0.4, -0.2) is 0 Å². The van der Waals surface area contributed by atoms with Crippen molar-refractivity contribution in [3.05, 3.63) is 189 Å². The van der Waals surface area contributed by atoms with Crippen LogP contribution in [-0.2, 0) is 51.4 Å². The van der Waals surface area contributed by atoms with Crippen LogP contribution < -0.4 is 0 Å². The third-order valence-corrected chi connectivity index (χ3v) is 39.4. The SMILES string of the molecule is CCCCc1ccsc1-c1ccc(-c2sc(-c3ccc(-c4cc(CCCC)c(-c5ccc(-c6sc(-c7ccc(-c8cc(CCCC)c(-c9ccc(-c%10sc(-c%11ccc(-c%12cc(CCCC)c(-c%13ccc(-c%14sccc%14CCCC)s%13)s%12)s%11)cc%10CCCC)s9)s8)s7)cc6CCCC)s5)s4)s3)cc2CCCC)s1. The van der Waals surface area contributed by atoms with Gasteiger partial charge in [-0.15, -0.1) is 170 Å². The summed E-state index contributed by atoms with van der Waals surface area (Å²) in [6.45, 7) is 18.6. The van der Waals surface area contributed by atoms with Crippen molar-refractivity contribution in [1.82, 2.24) is 0 Å². The van der Waals surface area contributed by atoms with Gasteiger partial charge < -0.3 is 0 Å². The van der Waals surface area contributed by atoms with E-state index in [1.807, 2.05) is 170 Å². The summed E-state index contributed by atoms with van der Waals surface area (Å²) in [6, 6.07) is 53.9. The fourth-order valence-corrected chi connectivity index (χ4v) is 32.1. The Bertz CT molecular complexity index is 5020. The highest BCUT2D eigenvalue weighted by molar-refractivity contribution is 7.34. The van der Waals surface area contributed by atoms with E-state index in [-0.39, 0.29) is 0 Å². The second-order valence-electron chi connectivity index (χ2n) is 28.3. The molecule has 107 heavy (non-hydrogen) atoms. The molecule has 0 N–H and O–H groups in total. The molecule has 0 amide bonds.